The van der Waals surface area contributed by atoms with Crippen molar-refractivity contribution in [1.29, 1.82) is 0 Å². The predicted molar refractivity (Wildman–Crippen MR) is 73.5 cm³/mol. The molecule has 3 rings (SSSR count). The summed E-state index contributed by atoms with van der Waals surface area (Å²) in [6.07, 6.45) is 4.39. The lowest BCUT2D eigenvalue weighted by Crippen LogP contribution is -2.26. The largest absolute Gasteiger partial charge is 0.399 e. The Bertz CT molecular complexity index is 610. The molecule has 2 N–H and O–H groups in total. The van der Waals surface area contributed by atoms with Gasteiger partial charge in [0.25, 0.3) is 5.91 Å². The molecule has 0 bridgehead atoms. The summed E-state index contributed by atoms with van der Waals surface area (Å²) in [5.41, 5.74) is 9.37. The molecule has 0 saturated carbocycles. The molecule has 0 saturated heterocycles. The van der Waals surface area contributed by atoms with Crippen molar-refractivity contribution in [3.05, 3.63) is 59.4 Å². The second-order valence-corrected chi connectivity index (χ2v) is 4.75. The smallest absolute Gasteiger partial charge is 0.254 e. The fourth-order valence-corrected chi connectivity index (χ4v) is 2.37. The van der Waals surface area contributed by atoms with Gasteiger partial charge in [-0.3, -0.25) is 9.78 Å². The first-order valence-corrected chi connectivity index (χ1v) is 6.30. The summed E-state index contributed by atoms with van der Waals surface area (Å²) < 4.78 is 0. The highest BCUT2D eigenvalue weighted by Gasteiger charge is 2.26. The Morgan fingerprint density at radius 3 is 2.79 bits per heavy atom. The Morgan fingerprint density at radius 1 is 1.21 bits per heavy atom. The minimum atomic E-state index is 0.0800. The Kier molecular flexibility index (Phi) is 2.91. The summed E-state index contributed by atoms with van der Waals surface area (Å²) in [6.45, 7) is 1.40. The zero-order valence-corrected chi connectivity index (χ0v) is 10.5. The number of rotatable bonds is 3. The number of fused-ring (bicyclic) bond motifs is 1. The molecule has 0 radical (unpaired) electrons. The van der Waals surface area contributed by atoms with E-state index < -0.39 is 0 Å². The molecule has 1 aromatic heterocycles. The third-order valence-electron chi connectivity index (χ3n) is 3.43. The van der Waals surface area contributed by atoms with Crippen molar-refractivity contribution in [1.82, 2.24) is 9.88 Å². The maximum absolute atomic E-state index is 12.2. The molecule has 0 atom stereocenters. The summed E-state index contributed by atoms with van der Waals surface area (Å²) in [4.78, 5) is 18.1. The van der Waals surface area contributed by atoms with Gasteiger partial charge in [0.05, 0.1) is 0 Å². The van der Waals surface area contributed by atoms with Crippen LogP contribution in [0, 0.1) is 0 Å². The lowest BCUT2D eigenvalue weighted by molar-refractivity contribution is 0.0780. The predicted octanol–water partition coefficient (Wildman–Crippen LogP) is 1.86. The van der Waals surface area contributed by atoms with Crippen LogP contribution in [-0.4, -0.2) is 22.3 Å². The van der Waals surface area contributed by atoms with Crippen LogP contribution in [0.2, 0.25) is 0 Å². The van der Waals surface area contributed by atoms with Crippen LogP contribution in [0.1, 0.15) is 21.5 Å². The Balaban J connectivity index is 1.71. The van der Waals surface area contributed by atoms with Crippen LogP contribution in [-0.2, 0) is 13.0 Å². The van der Waals surface area contributed by atoms with E-state index in [0.29, 0.717) is 12.2 Å². The maximum Gasteiger partial charge on any atom is 0.254 e. The van der Waals surface area contributed by atoms with Crippen molar-refractivity contribution in [2.75, 3.05) is 12.3 Å². The lowest BCUT2D eigenvalue weighted by atomic mass is 10.1. The number of pyridine rings is 1. The lowest BCUT2D eigenvalue weighted by Gasteiger charge is -2.15. The van der Waals surface area contributed by atoms with Gasteiger partial charge in [0, 0.05) is 36.7 Å². The number of anilines is 1. The standard InChI is InChI=1S/C15H15N3O/c16-13-2-1-12-10-18(15(19)14(12)9-13)8-5-11-3-6-17-7-4-11/h1-4,6-7,9H,5,8,10,16H2. The van der Waals surface area contributed by atoms with E-state index in [1.165, 1.54) is 5.56 Å². The van der Waals surface area contributed by atoms with Gasteiger partial charge in [-0.25, -0.2) is 0 Å². The summed E-state index contributed by atoms with van der Waals surface area (Å²) >= 11 is 0. The SMILES string of the molecule is Nc1ccc2c(c1)C(=O)N(CCc1ccncc1)C2. The van der Waals surface area contributed by atoms with Crippen LogP contribution < -0.4 is 5.73 Å². The highest BCUT2D eigenvalue weighted by atomic mass is 16.2. The number of carbonyl (C=O) groups excluding carboxylic acids is 1. The normalized spacial score (nSPS) is 13.7. The van der Waals surface area contributed by atoms with Gasteiger partial charge in [0.1, 0.15) is 0 Å². The highest BCUT2D eigenvalue weighted by molar-refractivity contribution is 5.99. The summed E-state index contributed by atoms with van der Waals surface area (Å²) in [5.74, 6) is 0.0800. The number of carbonyl (C=O) groups is 1. The summed E-state index contributed by atoms with van der Waals surface area (Å²) in [6, 6.07) is 9.51. The van der Waals surface area contributed by atoms with E-state index in [4.69, 9.17) is 5.73 Å². The Labute approximate surface area is 111 Å². The molecule has 0 spiro atoms. The fourth-order valence-electron chi connectivity index (χ4n) is 2.37. The molecule has 0 aliphatic carbocycles. The van der Waals surface area contributed by atoms with E-state index in [1.54, 1.807) is 18.5 Å². The molecule has 0 fully saturated rings. The fraction of sp³-hybridized carbons (Fsp3) is 0.200. The first-order chi connectivity index (χ1) is 9.24. The Hall–Kier alpha value is -2.36. The quantitative estimate of drug-likeness (QED) is 0.849. The molecule has 1 aliphatic heterocycles. The van der Waals surface area contributed by atoms with Gasteiger partial charge < -0.3 is 10.6 Å². The van der Waals surface area contributed by atoms with Crippen molar-refractivity contribution in [3.63, 3.8) is 0 Å². The van der Waals surface area contributed by atoms with E-state index in [-0.39, 0.29) is 5.91 Å². The number of nitrogen functional groups attached to an aromatic ring is 1. The van der Waals surface area contributed by atoms with Gasteiger partial charge in [-0.2, -0.15) is 0 Å². The topological polar surface area (TPSA) is 59.2 Å². The van der Waals surface area contributed by atoms with Crippen LogP contribution in [0.4, 0.5) is 5.69 Å². The van der Waals surface area contributed by atoms with Crippen molar-refractivity contribution in [2.45, 2.75) is 13.0 Å². The van der Waals surface area contributed by atoms with E-state index in [9.17, 15) is 4.79 Å². The molecule has 4 heteroatoms. The van der Waals surface area contributed by atoms with Crippen molar-refractivity contribution in [3.8, 4) is 0 Å². The van der Waals surface area contributed by atoms with E-state index >= 15 is 0 Å². The number of nitrogens with zero attached hydrogens (tertiary/aromatic N) is 2. The highest BCUT2D eigenvalue weighted by Crippen LogP contribution is 2.24. The van der Waals surface area contributed by atoms with E-state index in [0.717, 1.165) is 24.1 Å². The third kappa shape index (κ3) is 2.29. The van der Waals surface area contributed by atoms with Crippen LogP contribution >= 0.6 is 0 Å². The van der Waals surface area contributed by atoms with Crippen LogP contribution in [0.15, 0.2) is 42.7 Å². The average Bonchev–Trinajstić information content (AvgIpc) is 2.74. The van der Waals surface area contributed by atoms with Crippen LogP contribution in [0.25, 0.3) is 0 Å². The molecule has 0 unspecified atom stereocenters. The van der Waals surface area contributed by atoms with Crippen molar-refractivity contribution in [2.24, 2.45) is 0 Å². The summed E-state index contributed by atoms with van der Waals surface area (Å²) in [7, 11) is 0. The second-order valence-electron chi connectivity index (χ2n) is 4.75. The monoisotopic (exact) mass is 253 g/mol. The minimum absolute atomic E-state index is 0.0800. The molecular weight excluding hydrogens is 238 g/mol. The van der Waals surface area contributed by atoms with Gasteiger partial charge in [0.2, 0.25) is 0 Å². The molecule has 4 nitrogen and oxygen atoms in total. The number of nitrogens with two attached hydrogens (primary N) is 1. The molecule has 1 aromatic carbocycles. The summed E-state index contributed by atoms with van der Waals surface area (Å²) in [5, 5.41) is 0. The van der Waals surface area contributed by atoms with E-state index in [1.807, 2.05) is 29.2 Å². The van der Waals surface area contributed by atoms with Gasteiger partial charge in [-0.15, -0.1) is 0 Å². The van der Waals surface area contributed by atoms with Crippen LogP contribution in [0.5, 0.6) is 0 Å². The molecule has 19 heavy (non-hydrogen) atoms. The number of benzene rings is 1. The average molecular weight is 253 g/mol. The number of amides is 1. The number of aromatic nitrogens is 1. The number of hydrogen-bond acceptors (Lipinski definition) is 3. The van der Waals surface area contributed by atoms with Gasteiger partial charge in [-0.1, -0.05) is 6.07 Å². The Morgan fingerprint density at radius 2 is 2.00 bits per heavy atom. The minimum Gasteiger partial charge on any atom is -0.399 e. The third-order valence-corrected chi connectivity index (χ3v) is 3.43. The van der Waals surface area contributed by atoms with E-state index in [2.05, 4.69) is 4.98 Å². The maximum atomic E-state index is 12.2. The molecule has 1 aliphatic rings. The second kappa shape index (κ2) is 4.72. The molecule has 2 aromatic rings. The molecule has 2 heterocycles. The number of hydrogen-bond donors (Lipinski definition) is 1. The van der Waals surface area contributed by atoms with Gasteiger partial charge >= 0.3 is 0 Å². The van der Waals surface area contributed by atoms with Gasteiger partial charge in [0.15, 0.2) is 0 Å². The van der Waals surface area contributed by atoms with Crippen molar-refractivity contribution >= 4 is 11.6 Å². The first kappa shape index (κ1) is 11.7. The molecule has 1 amide bonds. The zero-order valence-electron chi connectivity index (χ0n) is 10.5. The zero-order chi connectivity index (χ0) is 13.2. The molecular formula is C15H15N3O. The van der Waals surface area contributed by atoms with Crippen LogP contribution in [0.3, 0.4) is 0 Å². The van der Waals surface area contributed by atoms with Gasteiger partial charge in [-0.05, 0) is 41.8 Å². The first-order valence-electron chi connectivity index (χ1n) is 6.30. The van der Waals surface area contributed by atoms with Crippen molar-refractivity contribution < 1.29 is 4.79 Å². The molecule has 96 valence electrons.